The third-order valence-electron chi connectivity index (χ3n) is 2.34. The topological polar surface area (TPSA) is 83.5 Å². The van der Waals surface area contributed by atoms with Gasteiger partial charge in [0.25, 0.3) is 0 Å². The number of benzene rings is 1. The minimum atomic E-state index is -1.74. The van der Waals surface area contributed by atoms with Crippen LogP contribution >= 0.6 is 0 Å². The second-order valence-corrected chi connectivity index (χ2v) is 5.27. The van der Waals surface area contributed by atoms with E-state index in [4.69, 9.17) is 5.11 Å². The average molecular weight is 273 g/mol. The van der Waals surface area contributed by atoms with Gasteiger partial charge in [-0.15, -0.1) is 0 Å². The Morgan fingerprint density at radius 1 is 1.44 bits per heavy atom. The second kappa shape index (κ2) is 5.72. The SMILES string of the molecule is CNC(=O)C(C)S(=O)c1ccc(F)c(C(=O)O)c1. The van der Waals surface area contributed by atoms with Gasteiger partial charge in [-0.05, 0) is 25.1 Å². The van der Waals surface area contributed by atoms with Crippen molar-refractivity contribution in [2.45, 2.75) is 17.1 Å². The lowest BCUT2D eigenvalue weighted by atomic mass is 10.2. The van der Waals surface area contributed by atoms with E-state index in [1.807, 2.05) is 0 Å². The summed E-state index contributed by atoms with van der Waals surface area (Å²) in [5.41, 5.74) is -0.565. The highest BCUT2D eigenvalue weighted by Gasteiger charge is 2.22. The summed E-state index contributed by atoms with van der Waals surface area (Å²) >= 11 is 0. The molecule has 98 valence electrons. The predicted molar refractivity (Wildman–Crippen MR) is 63.3 cm³/mol. The summed E-state index contributed by atoms with van der Waals surface area (Å²) < 4.78 is 25.1. The molecule has 1 amide bonds. The zero-order valence-corrected chi connectivity index (χ0v) is 10.6. The third-order valence-corrected chi connectivity index (χ3v) is 3.91. The third kappa shape index (κ3) is 2.92. The Labute approximate surface area is 105 Å². The second-order valence-electron chi connectivity index (χ2n) is 3.50. The molecule has 2 N–H and O–H groups in total. The van der Waals surface area contributed by atoms with Crippen molar-refractivity contribution in [3.8, 4) is 0 Å². The number of carboxylic acids is 1. The molecule has 2 unspecified atom stereocenters. The Kier molecular flexibility index (Phi) is 4.55. The molecule has 1 rings (SSSR count). The van der Waals surface area contributed by atoms with Crippen molar-refractivity contribution in [2.75, 3.05) is 7.05 Å². The first kappa shape index (κ1) is 14.3. The number of aromatic carboxylic acids is 1. The van der Waals surface area contributed by atoms with Gasteiger partial charge in [0.1, 0.15) is 11.1 Å². The van der Waals surface area contributed by atoms with Crippen LogP contribution in [0.5, 0.6) is 0 Å². The van der Waals surface area contributed by atoms with Crippen LogP contribution in [0.4, 0.5) is 4.39 Å². The van der Waals surface area contributed by atoms with E-state index in [9.17, 15) is 18.2 Å². The molecule has 2 atom stereocenters. The lowest BCUT2D eigenvalue weighted by Gasteiger charge is -2.10. The van der Waals surface area contributed by atoms with Crippen LogP contribution in [0.25, 0.3) is 0 Å². The highest BCUT2D eigenvalue weighted by Crippen LogP contribution is 2.16. The first-order valence-electron chi connectivity index (χ1n) is 5.03. The van der Waals surface area contributed by atoms with Gasteiger partial charge < -0.3 is 10.4 Å². The zero-order valence-electron chi connectivity index (χ0n) is 9.77. The maximum atomic E-state index is 13.2. The van der Waals surface area contributed by atoms with E-state index in [2.05, 4.69) is 5.32 Å². The molecular formula is C11H12FNO4S. The predicted octanol–water partition coefficient (Wildman–Crippen LogP) is 0.766. The van der Waals surface area contributed by atoms with Crippen LogP contribution in [-0.4, -0.2) is 33.5 Å². The number of carbonyl (C=O) groups is 2. The molecule has 0 saturated heterocycles. The molecule has 0 bridgehead atoms. The minimum absolute atomic E-state index is 0.102. The van der Waals surface area contributed by atoms with E-state index in [1.54, 1.807) is 0 Å². The van der Waals surface area contributed by atoms with Crippen molar-refractivity contribution >= 4 is 22.7 Å². The average Bonchev–Trinajstić information content (AvgIpc) is 2.36. The van der Waals surface area contributed by atoms with Crippen molar-refractivity contribution in [1.82, 2.24) is 5.32 Å². The molecule has 0 aliphatic carbocycles. The van der Waals surface area contributed by atoms with Gasteiger partial charge in [0, 0.05) is 11.9 Å². The Bertz CT molecular complexity index is 518. The van der Waals surface area contributed by atoms with Gasteiger partial charge in [0.05, 0.1) is 16.4 Å². The van der Waals surface area contributed by atoms with E-state index in [1.165, 1.54) is 20.0 Å². The Hall–Kier alpha value is -1.76. The van der Waals surface area contributed by atoms with Gasteiger partial charge >= 0.3 is 5.97 Å². The normalized spacial score (nSPS) is 13.7. The first-order valence-corrected chi connectivity index (χ1v) is 6.24. The van der Waals surface area contributed by atoms with Crippen molar-refractivity contribution in [1.29, 1.82) is 0 Å². The number of rotatable bonds is 4. The number of hydrogen-bond acceptors (Lipinski definition) is 3. The quantitative estimate of drug-likeness (QED) is 0.848. The summed E-state index contributed by atoms with van der Waals surface area (Å²) in [4.78, 5) is 22.2. The highest BCUT2D eigenvalue weighted by atomic mass is 32.2. The maximum Gasteiger partial charge on any atom is 0.338 e. The largest absolute Gasteiger partial charge is 0.478 e. The summed E-state index contributed by atoms with van der Waals surface area (Å²) in [6.45, 7) is 1.44. The van der Waals surface area contributed by atoms with Gasteiger partial charge in [-0.1, -0.05) is 0 Å². The molecule has 0 aromatic heterocycles. The molecule has 0 aliphatic heterocycles. The number of halogens is 1. The fraction of sp³-hybridized carbons (Fsp3) is 0.273. The highest BCUT2D eigenvalue weighted by molar-refractivity contribution is 7.86. The molecule has 0 spiro atoms. The van der Waals surface area contributed by atoms with Crippen LogP contribution in [0.3, 0.4) is 0 Å². The molecule has 18 heavy (non-hydrogen) atoms. The zero-order chi connectivity index (χ0) is 13.9. The number of nitrogens with one attached hydrogen (secondary N) is 1. The Morgan fingerprint density at radius 2 is 2.06 bits per heavy atom. The Morgan fingerprint density at radius 3 is 2.56 bits per heavy atom. The maximum absolute atomic E-state index is 13.2. The van der Waals surface area contributed by atoms with Gasteiger partial charge in [0.2, 0.25) is 5.91 Å². The molecule has 0 aliphatic rings. The van der Waals surface area contributed by atoms with Crippen molar-refractivity contribution in [2.24, 2.45) is 0 Å². The monoisotopic (exact) mass is 273 g/mol. The molecule has 5 nitrogen and oxygen atoms in total. The number of carbonyl (C=O) groups excluding carboxylic acids is 1. The number of carboxylic acid groups (broad SMARTS) is 1. The summed E-state index contributed by atoms with van der Waals surface area (Å²) in [6.07, 6.45) is 0. The minimum Gasteiger partial charge on any atom is -0.478 e. The lowest BCUT2D eigenvalue weighted by Crippen LogP contribution is -2.32. The van der Waals surface area contributed by atoms with E-state index in [0.717, 1.165) is 12.1 Å². The van der Waals surface area contributed by atoms with E-state index >= 15 is 0 Å². The van der Waals surface area contributed by atoms with Gasteiger partial charge in [-0.25, -0.2) is 9.18 Å². The molecule has 0 radical (unpaired) electrons. The van der Waals surface area contributed by atoms with Crippen LogP contribution in [0.15, 0.2) is 23.1 Å². The van der Waals surface area contributed by atoms with Gasteiger partial charge in [0.15, 0.2) is 0 Å². The summed E-state index contributed by atoms with van der Waals surface area (Å²) in [5, 5.41) is 10.2. The van der Waals surface area contributed by atoms with Crippen molar-refractivity contribution in [3.63, 3.8) is 0 Å². The fourth-order valence-electron chi connectivity index (χ4n) is 1.30. The van der Waals surface area contributed by atoms with Crippen LogP contribution in [-0.2, 0) is 15.6 Å². The lowest BCUT2D eigenvalue weighted by molar-refractivity contribution is -0.119. The standard InChI is InChI=1S/C11H12FNO4S/c1-6(10(14)13-2)18(17)7-3-4-9(12)8(5-7)11(15)16/h3-6H,1-2H3,(H,13,14)(H,15,16). The van der Waals surface area contributed by atoms with Crippen LogP contribution in [0.2, 0.25) is 0 Å². The summed E-state index contributed by atoms with van der Waals surface area (Å²) in [6, 6.07) is 3.11. The molecule has 1 aromatic carbocycles. The van der Waals surface area contributed by atoms with E-state index in [-0.39, 0.29) is 4.90 Å². The molecule has 7 heteroatoms. The van der Waals surface area contributed by atoms with Crippen molar-refractivity contribution in [3.05, 3.63) is 29.6 Å². The first-order chi connectivity index (χ1) is 8.38. The summed E-state index contributed by atoms with van der Waals surface area (Å²) in [7, 11) is -0.329. The summed E-state index contributed by atoms with van der Waals surface area (Å²) in [5.74, 6) is -2.79. The number of hydrogen-bond donors (Lipinski definition) is 2. The Balaban J connectivity index is 3.11. The molecule has 1 aromatic rings. The number of amides is 1. The van der Waals surface area contributed by atoms with Gasteiger partial charge in [-0.2, -0.15) is 0 Å². The molecular weight excluding hydrogens is 261 g/mol. The molecule has 0 heterocycles. The smallest absolute Gasteiger partial charge is 0.338 e. The van der Waals surface area contributed by atoms with Gasteiger partial charge in [-0.3, -0.25) is 9.00 Å². The fourth-order valence-corrected chi connectivity index (χ4v) is 2.45. The molecule has 0 fully saturated rings. The molecule has 0 saturated carbocycles. The van der Waals surface area contributed by atoms with Crippen LogP contribution in [0, 0.1) is 5.82 Å². The van der Waals surface area contributed by atoms with E-state index < -0.39 is 39.3 Å². The van der Waals surface area contributed by atoms with Crippen LogP contribution in [0.1, 0.15) is 17.3 Å². The van der Waals surface area contributed by atoms with Crippen molar-refractivity contribution < 1.29 is 23.3 Å². The van der Waals surface area contributed by atoms with Crippen LogP contribution < -0.4 is 5.32 Å². The van der Waals surface area contributed by atoms with E-state index in [0.29, 0.717) is 0 Å².